The minimum atomic E-state index is -1.41. The Kier molecular flexibility index (Phi) is 13.3. The predicted octanol–water partition coefficient (Wildman–Crippen LogP) is 17.3. The first-order valence-corrected chi connectivity index (χ1v) is 31.8. The molecule has 0 atom stereocenters. The van der Waals surface area contributed by atoms with Crippen LogP contribution < -0.4 is 5.46 Å². The van der Waals surface area contributed by atoms with Crippen LogP contribution in [-0.2, 0) is 10.8 Å². The molecule has 8 aromatic carbocycles. The average Bonchev–Trinajstić information content (AvgIpc) is 1.59. The van der Waals surface area contributed by atoms with Crippen molar-refractivity contribution in [2.45, 2.75) is 38.5 Å². The third-order valence-electron chi connectivity index (χ3n) is 18.0. The molecule has 12 nitrogen and oxygen atoms in total. The molecular weight excluding hydrogens is 1310 g/mol. The van der Waals surface area contributed by atoms with Gasteiger partial charge in [-0.05, 0) is 177 Å². The molecule has 0 saturated heterocycles. The number of rotatable bonds is 4. The lowest BCUT2D eigenvalue weighted by atomic mass is 9.75. The highest BCUT2D eigenvalue weighted by Gasteiger charge is 2.37. The van der Waals surface area contributed by atoms with Crippen LogP contribution in [0.15, 0.2) is 233 Å². The van der Waals surface area contributed by atoms with Gasteiger partial charge in [-0.3, -0.25) is 9.13 Å². The Morgan fingerprint density at radius 2 is 0.833 bits per heavy atom. The molecule has 8 heterocycles. The zero-order chi connectivity index (χ0) is 61.3. The summed E-state index contributed by atoms with van der Waals surface area (Å²) in [5.74, 6) is 1.61. The van der Waals surface area contributed by atoms with E-state index in [1.165, 1.54) is 38.9 Å². The third-order valence-corrected chi connectivity index (χ3v) is 19.3. The lowest BCUT2D eigenvalue weighted by Crippen LogP contribution is -2.31. The van der Waals surface area contributed by atoms with Crippen molar-refractivity contribution in [3.63, 3.8) is 0 Å². The minimum Gasteiger partial charge on any atom is -0.423 e. The highest BCUT2D eigenvalue weighted by molar-refractivity contribution is 9.11. The number of fused-ring (bicyclic) bond motifs is 18. The SMILES string of the molecule is Brc1nc(Br)c2ccc3ccc(-n4c5ccccc5c5cccnc54)nc3c2n1.CC1(C)c2ccccc2-c2ccc(-c3nc(Br)nc4c3ccc3ccc(-n5c6ccccc6c6cccnc65)nc34)cc21.CC1(C)c2ccccc2-c2ccc(B(O)O)cc21. The largest absolute Gasteiger partial charge is 0.488 e. The Morgan fingerprint density at radius 3 is 1.40 bits per heavy atom. The third kappa shape index (κ3) is 8.90. The predicted molar refractivity (Wildman–Crippen MR) is 374 cm³/mol. The maximum atomic E-state index is 9.30. The smallest absolute Gasteiger partial charge is 0.423 e. The number of aromatic nitrogens is 10. The maximum absolute atomic E-state index is 9.30. The van der Waals surface area contributed by atoms with Crippen LogP contribution in [0.3, 0.4) is 0 Å². The van der Waals surface area contributed by atoms with Crippen LogP contribution >= 0.6 is 47.8 Å². The molecule has 16 aromatic rings. The van der Waals surface area contributed by atoms with Gasteiger partial charge in [0.25, 0.3) is 0 Å². The first-order valence-electron chi connectivity index (χ1n) is 29.4. The molecule has 0 radical (unpaired) electrons. The molecule has 8 aromatic heterocycles. The second kappa shape index (κ2) is 21.4. The van der Waals surface area contributed by atoms with E-state index in [0.29, 0.717) is 14.9 Å². The second-order valence-electron chi connectivity index (χ2n) is 23.8. The van der Waals surface area contributed by atoms with Crippen molar-refractivity contribution >= 4 is 148 Å². The Bertz CT molecular complexity index is 5580. The molecule has 2 aliphatic rings. The Labute approximate surface area is 541 Å². The van der Waals surface area contributed by atoms with Gasteiger partial charge >= 0.3 is 7.12 Å². The summed E-state index contributed by atoms with van der Waals surface area (Å²) in [6, 6.07) is 70.9. The molecule has 16 heteroatoms. The van der Waals surface area contributed by atoms with Crippen LogP contribution in [0.4, 0.5) is 0 Å². The van der Waals surface area contributed by atoms with E-state index in [2.05, 4.69) is 233 Å². The van der Waals surface area contributed by atoms with E-state index < -0.39 is 7.12 Å². The van der Waals surface area contributed by atoms with E-state index in [4.69, 9.17) is 24.9 Å². The van der Waals surface area contributed by atoms with Crippen LogP contribution in [0.25, 0.3) is 133 Å². The number of benzene rings is 8. The zero-order valence-electron chi connectivity index (χ0n) is 48.9. The van der Waals surface area contributed by atoms with Gasteiger partial charge in [-0.1, -0.05) is 155 Å². The summed E-state index contributed by atoms with van der Waals surface area (Å²) in [5, 5.41) is 27.0. The molecule has 2 aliphatic carbocycles. The average molecular weight is 1360 g/mol. The van der Waals surface area contributed by atoms with Gasteiger partial charge in [-0.15, -0.1) is 0 Å². The van der Waals surface area contributed by atoms with Crippen LogP contribution in [-0.4, -0.2) is 66.2 Å². The summed E-state index contributed by atoms with van der Waals surface area (Å²) >= 11 is 10.6. The van der Waals surface area contributed by atoms with E-state index >= 15 is 0 Å². The molecule has 432 valence electrons. The van der Waals surface area contributed by atoms with Crippen LogP contribution in [0, 0.1) is 0 Å². The van der Waals surface area contributed by atoms with E-state index in [1.54, 1.807) is 6.07 Å². The highest BCUT2D eigenvalue weighted by atomic mass is 79.9. The summed E-state index contributed by atoms with van der Waals surface area (Å²) in [6.07, 6.45) is 3.65. The topological polar surface area (TPSA) is 153 Å². The zero-order valence-corrected chi connectivity index (χ0v) is 53.6. The lowest BCUT2D eigenvalue weighted by molar-refractivity contribution is 0.425. The van der Waals surface area contributed by atoms with Crippen molar-refractivity contribution in [1.29, 1.82) is 0 Å². The highest BCUT2D eigenvalue weighted by Crippen LogP contribution is 2.51. The molecule has 0 unspecified atom stereocenters. The fraction of sp³-hybridized carbons (Fsp3) is 0.0811. The van der Waals surface area contributed by atoms with Gasteiger partial charge in [0.05, 0.1) is 27.8 Å². The fourth-order valence-corrected chi connectivity index (χ4v) is 15.1. The molecule has 18 rings (SSSR count). The minimum absolute atomic E-state index is 0.0865. The summed E-state index contributed by atoms with van der Waals surface area (Å²) in [4.78, 5) is 38.4. The van der Waals surface area contributed by atoms with Crippen molar-refractivity contribution in [3.8, 4) is 45.1 Å². The fourth-order valence-electron chi connectivity index (χ4n) is 13.7. The van der Waals surface area contributed by atoms with Crippen molar-refractivity contribution in [2.24, 2.45) is 0 Å². The maximum Gasteiger partial charge on any atom is 0.488 e. The Balaban J connectivity index is 0.000000119. The number of halogens is 3. The van der Waals surface area contributed by atoms with Gasteiger partial charge in [-0.2, -0.15) is 0 Å². The van der Waals surface area contributed by atoms with Gasteiger partial charge in [0.1, 0.15) is 38.6 Å². The van der Waals surface area contributed by atoms with Crippen LogP contribution in [0.1, 0.15) is 49.9 Å². The first kappa shape index (κ1) is 55.9. The summed E-state index contributed by atoms with van der Waals surface area (Å²) in [6.45, 7) is 8.95. The summed E-state index contributed by atoms with van der Waals surface area (Å²) < 4.78 is 6.04. The Hall–Kier alpha value is -9.42. The summed E-state index contributed by atoms with van der Waals surface area (Å²) in [5.41, 5.74) is 19.7. The van der Waals surface area contributed by atoms with Gasteiger partial charge < -0.3 is 10.0 Å². The van der Waals surface area contributed by atoms with Gasteiger partial charge in [-0.25, -0.2) is 39.9 Å². The molecular formula is C74H50BBr3N10O2. The number of hydrogen-bond donors (Lipinski definition) is 2. The molecule has 0 bridgehead atoms. The molecule has 0 aliphatic heterocycles. The molecule has 0 spiro atoms. The van der Waals surface area contributed by atoms with E-state index in [0.717, 1.165) is 121 Å². The first-order chi connectivity index (χ1) is 43.7. The standard InChI is InChI=1S/C37H24BrN5.C22H11Br2N5.C15H15BO2/c1-37(2)28-11-5-3-8-23(28)24-16-14-22(20-29(24)37)32-27-17-13-21-15-18-31(40-33(21)34(27)42-36(38)41-32)43-30-12-6-4-9-25(30)26-10-7-19-39-35(26)43;23-20-15-9-7-12-8-10-17(26-18(12)19(15)27-22(24)28-20)29-16-6-2-1-4-13(16)14-5-3-11-25-21(14)29;1-15(2)13-6-4-3-5-11(13)12-8-7-10(16(17)18)9-14(12)15/h3-20H,1-2H3;1-11H;3-9,17-18H,1-2H3. The van der Waals surface area contributed by atoms with E-state index in [1.807, 2.05) is 79.1 Å². The van der Waals surface area contributed by atoms with Crippen molar-refractivity contribution in [3.05, 3.63) is 255 Å². The molecule has 2 N–H and O–H groups in total. The quantitative estimate of drug-likeness (QED) is 0.0753. The Morgan fingerprint density at radius 1 is 0.378 bits per heavy atom. The van der Waals surface area contributed by atoms with Crippen LogP contribution in [0.5, 0.6) is 0 Å². The van der Waals surface area contributed by atoms with Crippen molar-refractivity contribution in [2.75, 3.05) is 0 Å². The molecule has 90 heavy (non-hydrogen) atoms. The van der Waals surface area contributed by atoms with Gasteiger partial charge in [0.15, 0.2) is 9.47 Å². The number of para-hydroxylation sites is 2. The monoisotopic (exact) mass is 1360 g/mol. The van der Waals surface area contributed by atoms with Crippen molar-refractivity contribution < 1.29 is 10.0 Å². The van der Waals surface area contributed by atoms with Gasteiger partial charge in [0.2, 0.25) is 0 Å². The lowest BCUT2D eigenvalue weighted by Gasteiger charge is -2.22. The number of nitrogens with zero attached hydrogens (tertiary/aromatic N) is 10. The van der Waals surface area contributed by atoms with E-state index in [-0.39, 0.29) is 10.8 Å². The molecule has 0 saturated carbocycles. The van der Waals surface area contributed by atoms with Crippen LogP contribution in [0.2, 0.25) is 0 Å². The summed E-state index contributed by atoms with van der Waals surface area (Å²) in [7, 11) is -1.41. The van der Waals surface area contributed by atoms with Gasteiger partial charge in [0, 0.05) is 71.9 Å². The number of hydrogen-bond acceptors (Lipinski definition) is 10. The molecule has 0 amide bonds. The number of pyridine rings is 4. The van der Waals surface area contributed by atoms with E-state index in [9.17, 15) is 10.0 Å². The normalized spacial score (nSPS) is 13.3. The van der Waals surface area contributed by atoms with Crippen molar-refractivity contribution in [1.82, 2.24) is 49.0 Å². The molecule has 0 fully saturated rings. The second-order valence-corrected chi connectivity index (χ2v) is 25.9.